The monoisotopic (exact) mass is 316 g/mol. The van der Waals surface area contributed by atoms with Crippen molar-refractivity contribution in [3.05, 3.63) is 18.2 Å². The molecule has 0 aromatic carbocycles. The number of amides is 2. The first-order valence-corrected chi connectivity index (χ1v) is 6.28. The summed E-state index contributed by atoms with van der Waals surface area (Å²) in [7, 11) is 0. The van der Waals surface area contributed by atoms with Crippen LogP contribution in [0.3, 0.4) is 0 Å². The van der Waals surface area contributed by atoms with Crippen LogP contribution in [0.2, 0.25) is 0 Å². The Morgan fingerprint density at radius 2 is 2.06 bits per heavy atom. The quantitative estimate of drug-likeness (QED) is 0.674. The second-order valence-electron chi connectivity index (χ2n) is 3.32. The van der Waals surface area contributed by atoms with Crippen LogP contribution in [0.5, 0.6) is 5.75 Å². The molecule has 1 aromatic heterocycles. The Morgan fingerprint density at radius 3 is 2.61 bits per heavy atom. The fourth-order valence-electron chi connectivity index (χ4n) is 1.01. The Balaban J connectivity index is 2.26. The van der Waals surface area contributed by atoms with Gasteiger partial charge in [0, 0.05) is 13.0 Å². The van der Waals surface area contributed by atoms with Crippen molar-refractivity contribution in [2.24, 2.45) is 5.73 Å². The molecule has 0 aliphatic carbocycles. The molecule has 0 spiro atoms. The number of ether oxygens (including phenoxy) is 1. The van der Waals surface area contributed by atoms with Gasteiger partial charge >= 0.3 is 0 Å². The molecule has 1 aromatic rings. The van der Waals surface area contributed by atoms with E-state index in [1.165, 1.54) is 12.4 Å². The molecule has 0 radical (unpaired) electrons. The number of alkyl halides is 1. The number of primary amides is 1. The predicted molar refractivity (Wildman–Crippen MR) is 67.0 cm³/mol. The van der Waals surface area contributed by atoms with Crippen molar-refractivity contribution in [1.29, 1.82) is 0 Å². The second-order valence-corrected chi connectivity index (χ2v) is 3.88. The van der Waals surface area contributed by atoms with E-state index in [1.807, 2.05) is 0 Å². The fourth-order valence-corrected chi connectivity index (χ4v) is 1.30. The van der Waals surface area contributed by atoms with Gasteiger partial charge in [-0.3, -0.25) is 9.59 Å². The van der Waals surface area contributed by atoms with Crippen molar-refractivity contribution in [1.82, 2.24) is 15.3 Å². The highest BCUT2D eigenvalue weighted by molar-refractivity contribution is 9.08. The summed E-state index contributed by atoms with van der Waals surface area (Å²) in [5.74, 6) is 0.244. The zero-order valence-electron chi connectivity index (χ0n) is 9.56. The Kier molecular flexibility index (Phi) is 6.06. The summed E-state index contributed by atoms with van der Waals surface area (Å²) >= 11 is 3.22. The average Bonchev–Trinajstić information content (AvgIpc) is 2.36. The van der Waals surface area contributed by atoms with Crippen molar-refractivity contribution in [2.45, 2.75) is 11.8 Å². The summed E-state index contributed by atoms with van der Waals surface area (Å²) in [4.78, 5) is 29.7. The molecular weight excluding hydrogens is 304 g/mol. The minimum absolute atomic E-state index is 0.106. The van der Waals surface area contributed by atoms with Gasteiger partial charge in [0.15, 0.2) is 12.4 Å². The van der Waals surface area contributed by atoms with Crippen LogP contribution < -0.4 is 15.8 Å². The lowest BCUT2D eigenvalue weighted by Crippen LogP contribution is -2.31. The molecule has 2 amide bonds. The zero-order valence-corrected chi connectivity index (χ0v) is 11.1. The van der Waals surface area contributed by atoms with Crippen LogP contribution >= 0.6 is 15.9 Å². The molecule has 1 rings (SSSR count). The van der Waals surface area contributed by atoms with Crippen molar-refractivity contribution in [3.63, 3.8) is 0 Å². The number of carbonyl (C=O) groups excluding carboxylic acids is 2. The normalized spacial score (nSPS) is 9.83. The van der Waals surface area contributed by atoms with Crippen molar-refractivity contribution < 1.29 is 14.3 Å². The third-order valence-corrected chi connectivity index (χ3v) is 2.37. The molecule has 18 heavy (non-hydrogen) atoms. The van der Waals surface area contributed by atoms with Gasteiger partial charge in [-0.1, -0.05) is 15.9 Å². The van der Waals surface area contributed by atoms with E-state index in [1.54, 1.807) is 0 Å². The maximum absolute atomic E-state index is 11.3. The minimum Gasteiger partial charge on any atom is -0.481 e. The number of halogens is 1. The summed E-state index contributed by atoms with van der Waals surface area (Å²) in [6.45, 7) is 0.0479. The van der Waals surface area contributed by atoms with E-state index in [2.05, 4.69) is 31.2 Å². The maximum Gasteiger partial charge on any atom is 0.257 e. The largest absolute Gasteiger partial charge is 0.481 e. The molecule has 1 heterocycles. The molecule has 98 valence electrons. The smallest absolute Gasteiger partial charge is 0.257 e. The number of carbonyl (C=O) groups is 2. The number of nitrogens with one attached hydrogen (secondary N) is 1. The van der Waals surface area contributed by atoms with E-state index >= 15 is 0 Å². The van der Waals surface area contributed by atoms with Crippen LogP contribution in [-0.2, 0) is 14.9 Å². The van der Waals surface area contributed by atoms with Crippen molar-refractivity contribution in [3.8, 4) is 5.75 Å². The topological polar surface area (TPSA) is 107 Å². The molecule has 7 nitrogen and oxygen atoms in total. The predicted octanol–water partition coefficient (Wildman–Crippen LogP) is -0.258. The first-order chi connectivity index (χ1) is 8.61. The van der Waals surface area contributed by atoms with Gasteiger partial charge in [-0.05, 0) is 0 Å². The highest BCUT2D eigenvalue weighted by Crippen LogP contribution is 2.07. The molecule has 0 aliphatic rings. The van der Waals surface area contributed by atoms with Crippen LogP contribution in [0.1, 0.15) is 12.2 Å². The number of hydrogen-bond acceptors (Lipinski definition) is 5. The highest BCUT2D eigenvalue weighted by atomic mass is 79.9. The standard InChI is InChI=1S/C10H13BrN4O3/c11-3-9-14-4-7(5-15-9)18-6-10(17)13-2-1-8(12)16/h4-5H,1-3,6H2,(H2,12,16)(H,13,17). The third-order valence-electron chi connectivity index (χ3n) is 1.86. The van der Waals surface area contributed by atoms with Gasteiger partial charge in [-0.25, -0.2) is 9.97 Å². The lowest BCUT2D eigenvalue weighted by atomic mass is 10.4. The number of nitrogens with zero attached hydrogens (tertiary/aromatic N) is 2. The summed E-state index contributed by atoms with van der Waals surface area (Å²) in [5.41, 5.74) is 4.93. The Hall–Kier alpha value is -1.70. The molecule has 8 heteroatoms. The van der Waals surface area contributed by atoms with E-state index < -0.39 is 5.91 Å². The summed E-state index contributed by atoms with van der Waals surface area (Å²) in [6.07, 6.45) is 3.08. The molecule has 0 saturated carbocycles. The average molecular weight is 317 g/mol. The van der Waals surface area contributed by atoms with Gasteiger partial charge in [-0.15, -0.1) is 0 Å². The summed E-state index contributed by atoms with van der Waals surface area (Å²) < 4.78 is 5.16. The minimum atomic E-state index is -0.463. The molecule has 0 saturated heterocycles. The van der Waals surface area contributed by atoms with E-state index in [9.17, 15) is 9.59 Å². The molecule has 0 atom stereocenters. The summed E-state index contributed by atoms with van der Waals surface area (Å²) in [6, 6.07) is 0. The molecule has 0 bridgehead atoms. The van der Waals surface area contributed by atoms with Crippen LogP contribution in [-0.4, -0.2) is 34.9 Å². The lowest BCUT2D eigenvalue weighted by molar-refractivity contribution is -0.123. The molecule has 3 N–H and O–H groups in total. The van der Waals surface area contributed by atoms with Gasteiger partial charge in [0.05, 0.1) is 17.7 Å². The maximum atomic E-state index is 11.3. The number of nitrogens with two attached hydrogens (primary N) is 1. The van der Waals surface area contributed by atoms with Crippen LogP contribution in [0, 0.1) is 0 Å². The van der Waals surface area contributed by atoms with Crippen molar-refractivity contribution in [2.75, 3.05) is 13.2 Å². The fraction of sp³-hybridized carbons (Fsp3) is 0.400. The van der Waals surface area contributed by atoms with Gasteiger partial charge < -0.3 is 15.8 Å². The second kappa shape index (κ2) is 7.59. The summed E-state index contributed by atoms with van der Waals surface area (Å²) in [5, 5.41) is 3.05. The van der Waals surface area contributed by atoms with E-state index in [-0.39, 0.29) is 25.5 Å². The third kappa shape index (κ3) is 5.58. The van der Waals surface area contributed by atoms with Crippen LogP contribution in [0.15, 0.2) is 12.4 Å². The molecule has 0 unspecified atom stereocenters. The van der Waals surface area contributed by atoms with Gasteiger partial charge in [-0.2, -0.15) is 0 Å². The SMILES string of the molecule is NC(=O)CCNC(=O)COc1cnc(CBr)nc1. The number of aromatic nitrogens is 2. The first-order valence-electron chi connectivity index (χ1n) is 5.16. The Bertz CT molecular complexity index is 410. The van der Waals surface area contributed by atoms with Crippen LogP contribution in [0.25, 0.3) is 0 Å². The van der Waals surface area contributed by atoms with Crippen LogP contribution in [0.4, 0.5) is 0 Å². The Labute approximate surface area is 112 Å². The van der Waals surface area contributed by atoms with Gasteiger partial charge in [0.2, 0.25) is 5.91 Å². The number of hydrogen-bond donors (Lipinski definition) is 2. The molecule has 0 aliphatic heterocycles. The van der Waals surface area contributed by atoms with Crippen molar-refractivity contribution >= 4 is 27.7 Å². The lowest BCUT2D eigenvalue weighted by Gasteiger charge is -2.06. The van der Waals surface area contributed by atoms with Gasteiger partial charge in [0.1, 0.15) is 5.82 Å². The van der Waals surface area contributed by atoms with E-state index in [4.69, 9.17) is 10.5 Å². The number of rotatable bonds is 7. The van der Waals surface area contributed by atoms with Gasteiger partial charge in [0.25, 0.3) is 5.91 Å². The highest BCUT2D eigenvalue weighted by Gasteiger charge is 2.04. The molecular formula is C10H13BrN4O3. The Morgan fingerprint density at radius 1 is 1.39 bits per heavy atom. The first kappa shape index (κ1) is 14.4. The molecule has 0 fully saturated rings. The van der Waals surface area contributed by atoms with E-state index in [0.717, 1.165) is 0 Å². The van der Waals surface area contributed by atoms with E-state index in [0.29, 0.717) is 16.9 Å². The zero-order chi connectivity index (χ0) is 13.4.